The summed E-state index contributed by atoms with van der Waals surface area (Å²) in [4.78, 5) is 38.3. The molecule has 1 heterocycles. The van der Waals surface area contributed by atoms with E-state index in [9.17, 15) is 14.4 Å². The summed E-state index contributed by atoms with van der Waals surface area (Å²) in [6.07, 6.45) is 3.34. The Morgan fingerprint density at radius 1 is 1.25 bits per heavy atom. The molecule has 0 spiro atoms. The van der Waals surface area contributed by atoms with Crippen LogP contribution >= 0.6 is 0 Å². The maximum atomic E-state index is 12.5. The average Bonchev–Trinajstić information content (AvgIpc) is 2.86. The summed E-state index contributed by atoms with van der Waals surface area (Å²) in [5.41, 5.74) is 0. The van der Waals surface area contributed by atoms with E-state index in [2.05, 4.69) is 0 Å². The second kappa shape index (κ2) is 7.87. The average molecular weight is 284 g/mol. The molecule has 114 valence electrons. The summed E-state index contributed by atoms with van der Waals surface area (Å²) in [5, 5.41) is 8.89. The number of hydrogen-bond acceptors (Lipinski definition) is 3. The topological polar surface area (TPSA) is 77.9 Å². The van der Waals surface area contributed by atoms with Crippen LogP contribution < -0.4 is 0 Å². The smallest absolute Gasteiger partial charge is 0.323 e. The van der Waals surface area contributed by atoms with E-state index in [4.69, 9.17) is 5.11 Å². The van der Waals surface area contributed by atoms with Crippen LogP contribution in [0, 0.1) is 0 Å². The van der Waals surface area contributed by atoms with Gasteiger partial charge in [0.25, 0.3) is 0 Å². The summed E-state index contributed by atoms with van der Waals surface area (Å²) in [6, 6.07) is -0.472. The molecule has 0 saturated carbocycles. The van der Waals surface area contributed by atoms with Gasteiger partial charge in [-0.3, -0.25) is 14.4 Å². The SMILES string of the molecule is CCCC(=O)N1CCCC1C(=O)N(CCC)CC(=O)O. The molecule has 0 aromatic carbocycles. The lowest BCUT2D eigenvalue weighted by atomic mass is 10.1. The normalized spacial score (nSPS) is 18.1. The van der Waals surface area contributed by atoms with Gasteiger partial charge in [0.2, 0.25) is 11.8 Å². The minimum absolute atomic E-state index is 0.00452. The summed E-state index contributed by atoms with van der Waals surface area (Å²) >= 11 is 0. The minimum atomic E-state index is -1.02. The number of carboxylic acids is 1. The molecular formula is C14H24N2O4. The van der Waals surface area contributed by atoms with Gasteiger partial charge in [0.05, 0.1) is 0 Å². The number of hydrogen-bond donors (Lipinski definition) is 1. The van der Waals surface area contributed by atoms with E-state index in [1.807, 2.05) is 13.8 Å². The van der Waals surface area contributed by atoms with Crippen molar-refractivity contribution in [2.24, 2.45) is 0 Å². The Kier molecular flexibility index (Phi) is 6.48. The molecule has 1 aliphatic rings. The first kappa shape index (κ1) is 16.5. The zero-order valence-corrected chi connectivity index (χ0v) is 12.3. The minimum Gasteiger partial charge on any atom is -0.480 e. The van der Waals surface area contributed by atoms with Crippen LogP contribution in [0.3, 0.4) is 0 Å². The molecule has 2 amide bonds. The molecule has 1 saturated heterocycles. The van der Waals surface area contributed by atoms with E-state index in [-0.39, 0.29) is 18.4 Å². The van der Waals surface area contributed by atoms with Crippen molar-refractivity contribution in [3.8, 4) is 0 Å². The van der Waals surface area contributed by atoms with Gasteiger partial charge in [-0.25, -0.2) is 0 Å². The molecule has 6 heteroatoms. The van der Waals surface area contributed by atoms with Crippen molar-refractivity contribution in [1.29, 1.82) is 0 Å². The van der Waals surface area contributed by atoms with Crippen molar-refractivity contribution in [2.75, 3.05) is 19.6 Å². The third-order valence-electron chi connectivity index (χ3n) is 3.45. The Morgan fingerprint density at radius 3 is 2.50 bits per heavy atom. The molecule has 1 N–H and O–H groups in total. The van der Waals surface area contributed by atoms with Gasteiger partial charge in [-0.1, -0.05) is 13.8 Å². The van der Waals surface area contributed by atoms with E-state index >= 15 is 0 Å². The van der Waals surface area contributed by atoms with Crippen LogP contribution in [-0.2, 0) is 14.4 Å². The molecule has 1 atom stereocenters. The highest BCUT2D eigenvalue weighted by Crippen LogP contribution is 2.21. The third kappa shape index (κ3) is 4.21. The van der Waals surface area contributed by atoms with Crippen molar-refractivity contribution in [2.45, 2.75) is 52.0 Å². The Bertz CT molecular complexity index is 370. The fraction of sp³-hybridized carbons (Fsp3) is 0.786. The number of carboxylic acid groups (broad SMARTS) is 1. The van der Waals surface area contributed by atoms with Gasteiger partial charge in [0, 0.05) is 19.5 Å². The maximum absolute atomic E-state index is 12.5. The molecule has 0 bridgehead atoms. The third-order valence-corrected chi connectivity index (χ3v) is 3.45. The Hall–Kier alpha value is -1.59. The standard InChI is InChI=1S/C14H24N2O4/c1-3-6-12(17)16-9-5-7-11(16)14(20)15(8-4-2)10-13(18)19/h11H,3-10H2,1-2H3,(H,18,19). The molecule has 0 aromatic rings. The summed E-state index contributed by atoms with van der Waals surface area (Å²) in [6.45, 7) is 4.55. The summed E-state index contributed by atoms with van der Waals surface area (Å²) in [7, 11) is 0. The first-order chi connectivity index (χ1) is 9.51. The highest BCUT2D eigenvalue weighted by atomic mass is 16.4. The van der Waals surface area contributed by atoms with Crippen molar-refractivity contribution >= 4 is 17.8 Å². The first-order valence-corrected chi connectivity index (χ1v) is 7.31. The van der Waals surface area contributed by atoms with Crippen molar-refractivity contribution in [3.05, 3.63) is 0 Å². The van der Waals surface area contributed by atoms with Gasteiger partial charge in [-0.2, -0.15) is 0 Å². The van der Waals surface area contributed by atoms with Crippen LogP contribution in [0.15, 0.2) is 0 Å². The van der Waals surface area contributed by atoms with Gasteiger partial charge < -0.3 is 14.9 Å². The van der Waals surface area contributed by atoms with E-state index in [0.29, 0.717) is 32.4 Å². The monoisotopic (exact) mass is 284 g/mol. The zero-order valence-electron chi connectivity index (χ0n) is 12.3. The number of nitrogens with zero attached hydrogens (tertiary/aromatic N) is 2. The quantitative estimate of drug-likeness (QED) is 0.759. The van der Waals surface area contributed by atoms with E-state index in [0.717, 1.165) is 12.8 Å². The van der Waals surface area contributed by atoms with Crippen LogP contribution in [-0.4, -0.2) is 58.4 Å². The number of carbonyl (C=O) groups excluding carboxylic acids is 2. The molecule has 0 aromatic heterocycles. The molecule has 1 fully saturated rings. The van der Waals surface area contributed by atoms with E-state index in [1.54, 1.807) is 4.90 Å². The van der Waals surface area contributed by atoms with Gasteiger partial charge in [-0.15, -0.1) is 0 Å². The van der Waals surface area contributed by atoms with Gasteiger partial charge in [-0.05, 0) is 25.7 Å². The zero-order chi connectivity index (χ0) is 15.1. The van der Waals surface area contributed by atoms with Crippen LogP contribution in [0.5, 0.6) is 0 Å². The van der Waals surface area contributed by atoms with Crippen LogP contribution in [0.1, 0.15) is 46.0 Å². The second-order valence-electron chi connectivity index (χ2n) is 5.15. The Morgan fingerprint density at radius 2 is 1.95 bits per heavy atom. The van der Waals surface area contributed by atoms with Crippen LogP contribution in [0.4, 0.5) is 0 Å². The van der Waals surface area contributed by atoms with Crippen molar-refractivity contribution in [3.63, 3.8) is 0 Å². The summed E-state index contributed by atoms with van der Waals surface area (Å²) < 4.78 is 0. The summed E-state index contributed by atoms with van der Waals surface area (Å²) in [5.74, 6) is -1.25. The fourth-order valence-corrected chi connectivity index (χ4v) is 2.59. The lowest BCUT2D eigenvalue weighted by molar-refractivity contribution is -0.148. The highest BCUT2D eigenvalue weighted by molar-refractivity contribution is 5.90. The molecule has 0 aliphatic carbocycles. The molecule has 1 rings (SSSR count). The van der Waals surface area contributed by atoms with Gasteiger partial charge in [0.15, 0.2) is 0 Å². The Labute approximate surface area is 119 Å². The lowest BCUT2D eigenvalue weighted by Gasteiger charge is -2.29. The number of aliphatic carboxylic acids is 1. The molecule has 20 heavy (non-hydrogen) atoms. The van der Waals surface area contributed by atoms with E-state index < -0.39 is 12.0 Å². The van der Waals surface area contributed by atoms with Gasteiger partial charge >= 0.3 is 5.97 Å². The second-order valence-corrected chi connectivity index (χ2v) is 5.15. The predicted octanol–water partition coefficient (Wildman–Crippen LogP) is 1.10. The highest BCUT2D eigenvalue weighted by Gasteiger charge is 2.36. The maximum Gasteiger partial charge on any atom is 0.323 e. The molecule has 1 unspecified atom stereocenters. The Balaban J connectivity index is 2.75. The fourth-order valence-electron chi connectivity index (χ4n) is 2.59. The molecule has 1 aliphatic heterocycles. The number of carbonyl (C=O) groups is 3. The largest absolute Gasteiger partial charge is 0.480 e. The van der Waals surface area contributed by atoms with Crippen LogP contribution in [0.25, 0.3) is 0 Å². The van der Waals surface area contributed by atoms with Crippen molar-refractivity contribution in [1.82, 2.24) is 9.80 Å². The first-order valence-electron chi connectivity index (χ1n) is 7.31. The van der Waals surface area contributed by atoms with E-state index in [1.165, 1.54) is 4.90 Å². The van der Waals surface area contributed by atoms with Gasteiger partial charge in [0.1, 0.15) is 12.6 Å². The number of likely N-dealkylation sites (tertiary alicyclic amines) is 1. The molecular weight excluding hydrogens is 260 g/mol. The van der Waals surface area contributed by atoms with Crippen molar-refractivity contribution < 1.29 is 19.5 Å². The van der Waals surface area contributed by atoms with Crippen LogP contribution in [0.2, 0.25) is 0 Å². The molecule has 0 radical (unpaired) electrons. The molecule has 6 nitrogen and oxygen atoms in total. The predicted molar refractivity (Wildman–Crippen MR) is 74.1 cm³/mol. The lowest BCUT2D eigenvalue weighted by Crippen LogP contribution is -2.49. The number of rotatable bonds is 7. The number of amides is 2.